The molecule has 0 aliphatic carbocycles. The molecule has 0 spiro atoms. The van der Waals surface area contributed by atoms with Gasteiger partial charge in [-0.15, -0.1) is 0 Å². The van der Waals surface area contributed by atoms with Gasteiger partial charge in [0.1, 0.15) is 11.5 Å². The van der Waals surface area contributed by atoms with Gasteiger partial charge in [-0.1, -0.05) is 12.1 Å². The van der Waals surface area contributed by atoms with Gasteiger partial charge in [0.15, 0.2) is 0 Å². The van der Waals surface area contributed by atoms with Crippen LogP contribution in [0.1, 0.15) is 16.7 Å². The van der Waals surface area contributed by atoms with Crippen molar-refractivity contribution in [3.63, 3.8) is 0 Å². The highest BCUT2D eigenvalue weighted by Gasteiger charge is 2.37. The Morgan fingerprint density at radius 2 is 1.22 bits per heavy atom. The van der Waals surface area contributed by atoms with Crippen LogP contribution in [-0.2, 0) is 18.9 Å². The Balaban J connectivity index is 2.40. The van der Waals surface area contributed by atoms with Gasteiger partial charge in [0.2, 0.25) is 0 Å². The standard InChI is InChI=1S/C15H11F6NO/c16-14(17,18)10-5-11(15(19,20)21)7-13(6-10)23-12-3-1-9(8-22)2-4-12/h1-7H,8,22H2. The maximum atomic E-state index is 12.7. The molecule has 2 N–H and O–H groups in total. The van der Waals surface area contributed by atoms with Crippen LogP contribution >= 0.6 is 0 Å². The number of benzene rings is 2. The third kappa shape index (κ3) is 4.38. The summed E-state index contributed by atoms with van der Waals surface area (Å²) in [5.74, 6) is -0.442. The van der Waals surface area contributed by atoms with E-state index in [9.17, 15) is 26.3 Å². The van der Waals surface area contributed by atoms with Crippen LogP contribution in [0.2, 0.25) is 0 Å². The molecule has 2 aromatic rings. The van der Waals surface area contributed by atoms with Gasteiger partial charge in [0.05, 0.1) is 11.1 Å². The second-order valence-corrected chi connectivity index (χ2v) is 4.69. The first-order valence-corrected chi connectivity index (χ1v) is 6.36. The van der Waals surface area contributed by atoms with Crippen LogP contribution in [0, 0.1) is 0 Å². The van der Waals surface area contributed by atoms with Gasteiger partial charge in [-0.05, 0) is 35.9 Å². The average Bonchev–Trinajstić information content (AvgIpc) is 2.46. The van der Waals surface area contributed by atoms with E-state index in [-0.39, 0.29) is 18.4 Å². The maximum absolute atomic E-state index is 12.7. The van der Waals surface area contributed by atoms with E-state index < -0.39 is 29.2 Å². The van der Waals surface area contributed by atoms with Crippen LogP contribution in [0.5, 0.6) is 11.5 Å². The summed E-state index contributed by atoms with van der Waals surface area (Å²) in [6.07, 6.45) is -9.83. The third-order valence-corrected chi connectivity index (χ3v) is 2.96. The predicted molar refractivity (Wildman–Crippen MR) is 70.9 cm³/mol. The zero-order chi connectivity index (χ0) is 17.3. The molecular weight excluding hydrogens is 324 g/mol. The number of alkyl halides is 6. The van der Waals surface area contributed by atoms with Crippen LogP contribution in [0.3, 0.4) is 0 Å². The van der Waals surface area contributed by atoms with E-state index >= 15 is 0 Å². The SMILES string of the molecule is NCc1ccc(Oc2cc(C(F)(F)F)cc(C(F)(F)F)c2)cc1. The topological polar surface area (TPSA) is 35.2 Å². The summed E-state index contributed by atoms with van der Waals surface area (Å²) in [6, 6.07) is 7.04. The number of hydrogen-bond acceptors (Lipinski definition) is 2. The van der Waals surface area contributed by atoms with E-state index in [0.29, 0.717) is 12.1 Å². The normalized spacial score (nSPS) is 12.3. The van der Waals surface area contributed by atoms with Crippen molar-refractivity contribution in [1.29, 1.82) is 0 Å². The summed E-state index contributed by atoms with van der Waals surface area (Å²) in [5.41, 5.74) is 3.29. The van der Waals surface area contributed by atoms with E-state index in [1.165, 1.54) is 12.1 Å². The molecule has 2 rings (SSSR count). The minimum atomic E-state index is -4.91. The summed E-state index contributed by atoms with van der Waals surface area (Å²) in [5, 5.41) is 0. The molecule has 2 nitrogen and oxygen atoms in total. The molecule has 0 saturated heterocycles. The van der Waals surface area contributed by atoms with Crippen molar-refractivity contribution in [2.24, 2.45) is 5.73 Å². The maximum Gasteiger partial charge on any atom is 0.416 e. The first kappa shape index (κ1) is 17.1. The highest BCUT2D eigenvalue weighted by Crippen LogP contribution is 2.39. The van der Waals surface area contributed by atoms with Crippen molar-refractivity contribution in [3.05, 3.63) is 59.2 Å². The fraction of sp³-hybridized carbons (Fsp3) is 0.200. The molecule has 0 aromatic heterocycles. The van der Waals surface area contributed by atoms with Gasteiger partial charge in [-0.25, -0.2) is 0 Å². The Morgan fingerprint density at radius 1 is 0.739 bits per heavy atom. The molecule has 0 aliphatic heterocycles. The largest absolute Gasteiger partial charge is 0.457 e. The van der Waals surface area contributed by atoms with Crippen LogP contribution in [-0.4, -0.2) is 0 Å². The fourth-order valence-corrected chi connectivity index (χ4v) is 1.81. The van der Waals surface area contributed by atoms with Crippen molar-refractivity contribution in [2.45, 2.75) is 18.9 Å². The monoisotopic (exact) mass is 335 g/mol. The number of hydrogen-bond donors (Lipinski definition) is 1. The van der Waals surface area contributed by atoms with E-state index in [2.05, 4.69) is 0 Å². The summed E-state index contributed by atoms with van der Waals surface area (Å²) in [7, 11) is 0. The Morgan fingerprint density at radius 3 is 1.61 bits per heavy atom. The smallest absolute Gasteiger partial charge is 0.416 e. The molecule has 0 fully saturated rings. The molecule has 2 aromatic carbocycles. The summed E-state index contributed by atoms with van der Waals surface area (Å²) in [6.45, 7) is 0.252. The molecule has 0 saturated carbocycles. The molecule has 0 bridgehead atoms. The predicted octanol–water partition coefficient (Wildman–Crippen LogP) is 4.98. The van der Waals surface area contributed by atoms with Gasteiger partial charge >= 0.3 is 12.4 Å². The molecule has 0 aliphatic rings. The van der Waals surface area contributed by atoms with E-state index in [1.807, 2.05) is 0 Å². The molecule has 0 unspecified atom stereocenters. The molecule has 23 heavy (non-hydrogen) atoms. The zero-order valence-electron chi connectivity index (χ0n) is 11.5. The number of halogens is 6. The lowest BCUT2D eigenvalue weighted by Crippen LogP contribution is -2.11. The zero-order valence-corrected chi connectivity index (χ0v) is 11.5. The van der Waals surface area contributed by atoms with Gasteiger partial charge in [0, 0.05) is 6.54 Å². The van der Waals surface area contributed by atoms with Crippen molar-refractivity contribution < 1.29 is 31.1 Å². The average molecular weight is 335 g/mol. The summed E-state index contributed by atoms with van der Waals surface area (Å²) in [4.78, 5) is 0. The van der Waals surface area contributed by atoms with E-state index in [4.69, 9.17) is 10.5 Å². The van der Waals surface area contributed by atoms with Crippen LogP contribution in [0.25, 0.3) is 0 Å². The van der Waals surface area contributed by atoms with Gasteiger partial charge in [-0.3, -0.25) is 0 Å². The molecule has 8 heteroatoms. The molecule has 0 amide bonds. The minimum Gasteiger partial charge on any atom is -0.457 e. The van der Waals surface area contributed by atoms with Crippen LogP contribution < -0.4 is 10.5 Å². The Hall–Kier alpha value is -2.22. The molecule has 0 atom stereocenters. The lowest BCUT2D eigenvalue weighted by Gasteiger charge is -2.14. The molecular formula is C15H11F6NO. The number of rotatable bonds is 3. The molecule has 0 radical (unpaired) electrons. The fourth-order valence-electron chi connectivity index (χ4n) is 1.81. The highest BCUT2D eigenvalue weighted by atomic mass is 19.4. The minimum absolute atomic E-state index is 0.0460. The second-order valence-electron chi connectivity index (χ2n) is 4.69. The Kier molecular flexibility index (Phi) is 4.56. The van der Waals surface area contributed by atoms with Gasteiger partial charge in [-0.2, -0.15) is 26.3 Å². The lowest BCUT2D eigenvalue weighted by atomic mass is 10.1. The van der Waals surface area contributed by atoms with E-state index in [1.54, 1.807) is 12.1 Å². The van der Waals surface area contributed by atoms with Crippen molar-refractivity contribution in [1.82, 2.24) is 0 Å². The first-order valence-electron chi connectivity index (χ1n) is 6.36. The Bertz CT molecular complexity index is 644. The highest BCUT2D eigenvalue weighted by molar-refractivity contribution is 5.40. The number of ether oxygens (including phenoxy) is 1. The van der Waals surface area contributed by atoms with E-state index in [0.717, 1.165) is 5.56 Å². The summed E-state index contributed by atoms with van der Waals surface area (Å²) < 4.78 is 81.5. The van der Waals surface area contributed by atoms with Crippen molar-refractivity contribution in [2.75, 3.05) is 0 Å². The van der Waals surface area contributed by atoms with Crippen LogP contribution in [0.4, 0.5) is 26.3 Å². The van der Waals surface area contributed by atoms with Gasteiger partial charge < -0.3 is 10.5 Å². The summed E-state index contributed by atoms with van der Waals surface area (Å²) >= 11 is 0. The van der Waals surface area contributed by atoms with Crippen molar-refractivity contribution in [3.8, 4) is 11.5 Å². The number of nitrogens with two attached hydrogens (primary N) is 1. The Labute approximate surface area is 127 Å². The van der Waals surface area contributed by atoms with Crippen LogP contribution in [0.15, 0.2) is 42.5 Å². The second kappa shape index (κ2) is 6.11. The third-order valence-electron chi connectivity index (χ3n) is 2.96. The molecule has 124 valence electrons. The lowest BCUT2D eigenvalue weighted by molar-refractivity contribution is -0.143. The molecule has 0 heterocycles. The van der Waals surface area contributed by atoms with Gasteiger partial charge in [0.25, 0.3) is 0 Å². The van der Waals surface area contributed by atoms with Crippen molar-refractivity contribution >= 4 is 0 Å². The first-order chi connectivity index (χ1) is 10.6. The quantitative estimate of drug-likeness (QED) is 0.803.